The highest BCUT2D eigenvalue weighted by Crippen LogP contribution is 2.33. The molecule has 19 heavy (non-hydrogen) atoms. The second-order valence-electron chi connectivity index (χ2n) is 3.86. The lowest BCUT2D eigenvalue weighted by molar-refractivity contribution is -0.122. The van der Waals surface area contributed by atoms with Crippen LogP contribution in [0.5, 0.6) is 5.75 Å². The van der Waals surface area contributed by atoms with Crippen LogP contribution in [0, 0.1) is 0 Å². The lowest BCUT2D eigenvalue weighted by atomic mass is 10.1. The minimum absolute atomic E-state index is 0.00713. The van der Waals surface area contributed by atoms with Crippen LogP contribution in [0.3, 0.4) is 0 Å². The van der Waals surface area contributed by atoms with Crippen LogP contribution in [-0.2, 0) is 4.79 Å². The van der Waals surface area contributed by atoms with E-state index < -0.39 is 11.9 Å². The summed E-state index contributed by atoms with van der Waals surface area (Å²) in [6.07, 6.45) is 1.45. The number of hydrogen-bond donors (Lipinski definition) is 2. The largest absolute Gasteiger partial charge is 0.506 e. The summed E-state index contributed by atoms with van der Waals surface area (Å²) in [5.74, 6) is -0.393. The summed E-state index contributed by atoms with van der Waals surface area (Å²) in [5, 5.41) is 12.4. The zero-order chi connectivity index (χ0) is 14.2. The highest BCUT2D eigenvalue weighted by Gasteiger charge is 2.32. The van der Waals surface area contributed by atoms with Gasteiger partial charge in [-0.2, -0.15) is 0 Å². The van der Waals surface area contributed by atoms with Gasteiger partial charge in [0.2, 0.25) is 0 Å². The maximum Gasteiger partial charge on any atom is 0.328 e. The van der Waals surface area contributed by atoms with Gasteiger partial charge in [-0.1, -0.05) is 15.9 Å². The number of carbonyl (C=O) groups is 2. The number of phenols is 1. The molecule has 0 unspecified atom stereocenters. The van der Waals surface area contributed by atoms with Crippen molar-refractivity contribution in [2.24, 2.45) is 0 Å². The third kappa shape index (κ3) is 2.66. The minimum Gasteiger partial charge on any atom is -0.506 e. The van der Waals surface area contributed by atoms with Crippen molar-refractivity contribution in [1.82, 2.24) is 10.2 Å². The molecule has 7 heteroatoms. The molecule has 0 radical (unpaired) electrons. The van der Waals surface area contributed by atoms with Crippen molar-refractivity contribution in [3.8, 4) is 5.75 Å². The number of hydrogen-bond acceptors (Lipinski definition) is 3. The number of aromatic hydroxyl groups is 1. The van der Waals surface area contributed by atoms with Gasteiger partial charge in [-0.3, -0.25) is 9.69 Å². The number of imide groups is 1. The third-order valence-corrected chi connectivity index (χ3v) is 3.70. The first-order valence-corrected chi connectivity index (χ1v) is 7.05. The second kappa shape index (κ2) is 5.34. The van der Waals surface area contributed by atoms with E-state index in [1.165, 1.54) is 6.08 Å². The summed E-state index contributed by atoms with van der Waals surface area (Å²) in [5.41, 5.74) is 0.579. The third-order valence-electron chi connectivity index (χ3n) is 2.64. The smallest absolute Gasteiger partial charge is 0.328 e. The summed E-state index contributed by atoms with van der Waals surface area (Å²) in [6.45, 7) is 2.02. The lowest BCUT2D eigenvalue weighted by Crippen LogP contribution is -2.30. The Balaban J connectivity index is 2.43. The van der Waals surface area contributed by atoms with Crippen molar-refractivity contribution in [2.75, 3.05) is 6.54 Å². The van der Waals surface area contributed by atoms with E-state index >= 15 is 0 Å². The molecule has 0 saturated carbocycles. The van der Waals surface area contributed by atoms with Gasteiger partial charge in [-0.15, -0.1) is 0 Å². The summed E-state index contributed by atoms with van der Waals surface area (Å²) >= 11 is 6.50. The average Bonchev–Trinajstić information content (AvgIpc) is 2.60. The molecule has 0 spiro atoms. The van der Waals surface area contributed by atoms with Crippen molar-refractivity contribution in [3.63, 3.8) is 0 Å². The Hall–Kier alpha value is -1.34. The van der Waals surface area contributed by atoms with Crippen molar-refractivity contribution < 1.29 is 14.7 Å². The Morgan fingerprint density at radius 1 is 1.37 bits per heavy atom. The van der Waals surface area contributed by atoms with Gasteiger partial charge in [0.15, 0.2) is 0 Å². The Bertz CT molecular complexity index is 599. The molecule has 2 N–H and O–H groups in total. The molecule has 100 valence electrons. The van der Waals surface area contributed by atoms with E-state index in [-0.39, 0.29) is 11.4 Å². The standard InChI is InChI=1S/C12H10Br2N2O3/c1-2-16-11(18)9(15-12(16)19)4-6-3-7(13)5-8(14)10(6)17/h3-5,17H,2H2,1H3,(H,15,19)/b9-4+. The minimum atomic E-state index is -0.452. The number of nitrogens with one attached hydrogen (secondary N) is 1. The topological polar surface area (TPSA) is 69.6 Å². The fourth-order valence-electron chi connectivity index (χ4n) is 1.71. The van der Waals surface area contributed by atoms with Crippen molar-refractivity contribution in [3.05, 3.63) is 32.3 Å². The highest BCUT2D eigenvalue weighted by atomic mass is 79.9. The number of benzene rings is 1. The SMILES string of the molecule is CCN1C(=O)N/C(=C/c2cc(Br)cc(Br)c2O)C1=O. The molecule has 2 rings (SSSR count). The maximum absolute atomic E-state index is 11.9. The van der Waals surface area contributed by atoms with Gasteiger partial charge in [-0.25, -0.2) is 4.79 Å². The molecule has 1 aliphatic rings. The van der Waals surface area contributed by atoms with Crippen LogP contribution in [0.15, 0.2) is 26.8 Å². The van der Waals surface area contributed by atoms with Gasteiger partial charge in [0, 0.05) is 16.6 Å². The number of phenolic OH excluding ortho intramolecular Hbond substituents is 1. The number of amides is 3. The molecule has 5 nitrogen and oxygen atoms in total. The molecule has 3 amide bonds. The second-order valence-corrected chi connectivity index (χ2v) is 5.63. The van der Waals surface area contributed by atoms with E-state index in [0.29, 0.717) is 16.6 Å². The molecule has 0 bridgehead atoms. The van der Waals surface area contributed by atoms with Crippen LogP contribution in [0.25, 0.3) is 6.08 Å². The Labute approximate surface area is 126 Å². The normalized spacial score (nSPS) is 17.2. The number of carbonyl (C=O) groups excluding carboxylic acids is 2. The first kappa shape index (κ1) is 14.1. The highest BCUT2D eigenvalue weighted by molar-refractivity contribution is 9.11. The van der Waals surface area contributed by atoms with Crippen molar-refractivity contribution >= 4 is 49.9 Å². The number of urea groups is 1. The molecule has 1 fully saturated rings. The van der Waals surface area contributed by atoms with Gasteiger partial charge >= 0.3 is 6.03 Å². The molecular formula is C12H10Br2N2O3. The molecule has 0 aromatic heterocycles. The van der Waals surface area contributed by atoms with Gasteiger partial charge in [0.25, 0.3) is 5.91 Å². The molecule has 0 aliphatic carbocycles. The zero-order valence-corrected chi connectivity index (χ0v) is 13.1. The van der Waals surface area contributed by atoms with Crippen molar-refractivity contribution in [1.29, 1.82) is 0 Å². The summed E-state index contributed by atoms with van der Waals surface area (Å²) in [4.78, 5) is 24.5. The van der Waals surface area contributed by atoms with Gasteiger partial charge < -0.3 is 10.4 Å². The summed E-state index contributed by atoms with van der Waals surface area (Å²) < 4.78 is 1.24. The van der Waals surface area contributed by atoms with E-state index in [9.17, 15) is 14.7 Å². The summed E-state index contributed by atoms with van der Waals surface area (Å²) in [7, 11) is 0. The van der Waals surface area contributed by atoms with E-state index in [2.05, 4.69) is 37.2 Å². The monoisotopic (exact) mass is 388 g/mol. The molecular weight excluding hydrogens is 380 g/mol. The van der Waals surface area contributed by atoms with Crippen molar-refractivity contribution in [2.45, 2.75) is 6.92 Å². The summed E-state index contributed by atoms with van der Waals surface area (Å²) in [6, 6.07) is 2.89. The number of halogens is 2. The fraction of sp³-hybridized carbons (Fsp3) is 0.167. The number of nitrogens with zero attached hydrogens (tertiary/aromatic N) is 1. The number of likely N-dealkylation sites (N-methyl/N-ethyl adjacent to an activating group) is 1. The first-order valence-electron chi connectivity index (χ1n) is 5.46. The Kier molecular flexibility index (Phi) is 3.96. The van der Waals surface area contributed by atoms with E-state index in [0.717, 1.165) is 9.37 Å². The fourth-order valence-corrected chi connectivity index (χ4v) is 2.97. The molecule has 1 aromatic rings. The Morgan fingerprint density at radius 2 is 2.05 bits per heavy atom. The maximum atomic E-state index is 11.9. The Morgan fingerprint density at radius 3 is 2.63 bits per heavy atom. The van der Waals surface area contributed by atoms with Gasteiger partial charge in [0.05, 0.1) is 4.47 Å². The first-order chi connectivity index (χ1) is 8.93. The van der Waals surface area contributed by atoms with Crippen LogP contribution >= 0.6 is 31.9 Å². The van der Waals surface area contributed by atoms with Crippen LogP contribution in [0.4, 0.5) is 4.79 Å². The van der Waals surface area contributed by atoms with Crippen LogP contribution in [-0.4, -0.2) is 28.5 Å². The van der Waals surface area contributed by atoms with Crippen LogP contribution in [0.1, 0.15) is 12.5 Å². The molecule has 0 atom stereocenters. The van der Waals surface area contributed by atoms with Crippen LogP contribution < -0.4 is 5.32 Å². The van der Waals surface area contributed by atoms with E-state index in [1.807, 2.05) is 0 Å². The number of rotatable bonds is 2. The average molecular weight is 390 g/mol. The molecule has 1 saturated heterocycles. The van der Waals surface area contributed by atoms with Gasteiger partial charge in [-0.05, 0) is 41.1 Å². The van der Waals surface area contributed by atoms with Crippen LogP contribution in [0.2, 0.25) is 0 Å². The zero-order valence-electron chi connectivity index (χ0n) is 9.91. The lowest BCUT2D eigenvalue weighted by Gasteiger charge is -2.06. The molecule has 1 aliphatic heterocycles. The van der Waals surface area contributed by atoms with Gasteiger partial charge in [0.1, 0.15) is 11.4 Å². The molecule has 1 aromatic carbocycles. The van der Waals surface area contributed by atoms with E-state index in [1.54, 1.807) is 19.1 Å². The molecule has 1 heterocycles. The van der Waals surface area contributed by atoms with E-state index in [4.69, 9.17) is 0 Å². The quantitative estimate of drug-likeness (QED) is 0.603. The predicted octanol–water partition coefficient (Wildman–Crippen LogP) is 2.83. The predicted molar refractivity (Wildman–Crippen MR) is 77.4 cm³/mol.